The highest BCUT2D eigenvalue weighted by molar-refractivity contribution is 4.35. The smallest absolute Gasteiger partial charge is 0.0938 e. The fourth-order valence-corrected chi connectivity index (χ4v) is 0.660. The van der Waals surface area contributed by atoms with Gasteiger partial charge in [0.25, 0.3) is 0 Å². The van der Waals surface area contributed by atoms with Crippen molar-refractivity contribution in [2.24, 2.45) is 0 Å². The van der Waals surface area contributed by atoms with Crippen LogP contribution in [0.2, 0.25) is 0 Å². The van der Waals surface area contributed by atoms with Gasteiger partial charge in [0.1, 0.15) is 0 Å². The highest BCUT2D eigenvalue weighted by atomic mass is 16.5. The number of morpholine rings is 1. The molecule has 0 aromatic carbocycles. The monoisotopic (exact) mass is 131 g/mol. The van der Waals surface area contributed by atoms with Gasteiger partial charge in [-0.15, -0.1) is 0 Å². The molecule has 0 radical (unpaired) electrons. The Morgan fingerprint density at radius 3 is 1.89 bits per heavy atom. The van der Waals surface area contributed by atoms with Gasteiger partial charge < -0.3 is 9.64 Å². The molecular weight excluding hydrogens is 114 g/mol. The van der Waals surface area contributed by atoms with Gasteiger partial charge in [-0.3, -0.25) is 0 Å². The van der Waals surface area contributed by atoms with Gasteiger partial charge in [-0.25, -0.2) is 0 Å². The maximum Gasteiger partial charge on any atom is 0.0938 e. The number of rotatable bonds is 0. The van der Waals surface area contributed by atoms with Gasteiger partial charge in [-0.2, -0.15) is 7.05 Å². The van der Waals surface area contributed by atoms with E-state index in [1.165, 1.54) is 4.90 Å². The van der Waals surface area contributed by atoms with Crippen molar-refractivity contribution in [3.8, 4) is 0 Å². The lowest BCUT2D eigenvalue weighted by molar-refractivity contribution is -0.862. The summed E-state index contributed by atoms with van der Waals surface area (Å²) in [5.41, 5.74) is 0. The quantitative estimate of drug-likeness (QED) is 0.446. The summed E-state index contributed by atoms with van der Waals surface area (Å²) in [6.07, 6.45) is 0. The van der Waals surface area contributed by atoms with Gasteiger partial charge >= 0.3 is 0 Å². The van der Waals surface area contributed by atoms with Gasteiger partial charge in [0.15, 0.2) is 0 Å². The molecule has 56 valence electrons. The first-order valence-electron chi connectivity index (χ1n) is 3.64. The molecule has 0 spiro atoms. The average molecular weight is 131 g/mol. The molecule has 1 aliphatic heterocycles. The summed E-state index contributed by atoms with van der Waals surface area (Å²) in [7, 11) is 3.83. The van der Waals surface area contributed by atoms with E-state index in [2.05, 4.69) is 7.05 Å². The van der Waals surface area contributed by atoms with Crippen LogP contribution < -0.4 is 4.90 Å². The van der Waals surface area contributed by atoms with Crippen LogP contribution in [0.15, 0.2) is 0 Å². The summed E-state index contributed by atoms with van der Waals surface area (Å²) in [5.74, 6) is 0. The first-order chi connectivity index (χ1) is 4.39. The van der Waals surface area contributed by atoms with Crippen molar-refractivity contribution in [2.75, 3.05) is 26.3 Å². The summed E-state index contributed by atoms with van der Waals surface area (Å²) < 4.78 is 5.08. The van der Waals surface area contributed by atoms with Crippen molar-refractivity contribution < 1.29 is 9.64 Å². The summed E-state index contributed by atoms with van der Waals surface area (Å²) in [6.45, 7) is 7.91. The number of nitrogens with one attached hydrogen (secondary N) is 1. The summed E-state index contributed by atoms with van der Waals surface area (Å²) >= 11 is 0. The standard InChI is InChI=1S/C5H11NO.C2H6/c1-6-2-4-7-5-3-6;1-2/h6H,1-5H2;1-2H3. The van der Waals surface area contributed by atoms with Gasteiger partial charge in [-0.05, 0) is 0 Å². The van der Waals surface area contributed by atoms with Crippen LogP contribution in [0.25, 0.3) is 0 Å². The summed E-state index contributed by atoms with van der Waals surface area (Å²) in [4.78, 5) is 1.34. The first kappa shape index (κ1) is 8.92. The molecule has 0 aliphatic carbocycles. The molecule has 0 amide bonds. The third kappa shape index (κ3) is 4.43. The molecule has 0 aromatic heterocycles. The van der Waals surface area contributed by atoms with Crippen molar-refractivity contribution in [1.29, 1.82) is 0 Å². The lowest BCUT2D eigenvalue weighted by Crippen LogP contribution is -3.09. The molecule has 1 N–H and O–H groups in total. The normalized spacial score (nSPS) is 20.3. The highest BCUT2D eigenvalue weighted by Crippen LogP contribution is 1.72. The molecule has 0 atom stereocenters. The minimum Gasteiger partial charge on any atom is -0.464 e. The molecule has 1 aliphatic rings. The van der Waals surface area contributed by atoms with Gasteiger partial charge in [0.05, 0.1) is 26.3 Å². The molecule has 2 nitrogen and oxygen atoms in total. The number of hydrogen-bond donors (Lipinski definition) is 1. The topological polar surface area (TPSA) is 13.7 Å². The van der Waals surface area contributed by atoms with E-state index in [0.29, 0.717) is 0 Å². The maximum absolute atomic E-state index is 5.08. The van der Waals surface area contributed by atoms with Crippen molar-refractivity contribution >= 4 is 0 Å². The second kappa shape index (κ2) is 6.05. The van der Waals surface area contributed by atoms with E-state index < -0.39 is 0 Å². The molecule has 2 heteroatoms. The van der Waals surface area contributed by atoms with E-state index >= 15 is 0 Å². The van der Waals surface area contributed by atoms with Crippen LogP contribution in [0.3, 0.4) is 0 Å². The molecule has 0 saturated carbocycles. The van der Waals surface area contributed by atoms with E-state index in [-0.39, 0.29) is 0 Å². The van der Waals surface area contributed by atoms with E-state index in [1.54, 1.807) is 0 Å². The molecule has 1 fully saturated rings. The SMILES string of the molecule is CC.[CH2-][NH+]1CCOCC1. The molecular formula is C7H17NO. The maximum atomic E-state index is 5.08. The van der Waals surface area contributed by atoms with E-state index in [4.69, 9.17) is 4.74 Å². The zero-order valence-corrected chi connectivity index (χ0v) is 6.44. The van der Waals surface area contributed by atoms with Gasteiger partial charge in [-0.1, -0.05) is 13.8 Å². The number of ether oxygens (including phenoxy) is 1. The minimum absolute atomic E-state index is 0.888. The van der Waals surface area contributed by atoms with E-state index in [9.17, 15) is 0 Å². The summed E-state index contributed by atoms with van der Waals surface area (Å²) in [5, 5.41) is 0. The Hall–Kier alpha value is -0.0800. The highest BCUT2D eigenvalue weighted by Gasteiger charge is 2.01. The summed E-state index contributed by atoms with van der Waals surface area (Å²) in [6, 6.07) is 0. The van der Waals surface area contributed by atoms with Gasteiger partial charge in [0.2, 0.25) is 0 Å². The Kier molecular flexibility index (Phi) is 5.99. The molecule has 1 rings (SSSR count). The lowest BCUT2D eigenvalue weighted by Gasteiger charge is -2.24. The average Bonchev–Trinajstić information content (AvgIpc) is 1.94. The second-order valence-electron chi connectivity index (χ2n) is 1.86. The largest absolute Gasteiger partial charge is 0.464 e. The molecule has 1 saturated heterocycles. The number of hydrogen-bond acceptors (Lipinski definition) is 1. The first-order valence-corrected chi connectivity index (χ1v) is 3.64. The van der Waals surface area contributed by atoms with Crippen molar-refractivity contribution in [3.63, 3.8) is 0 Å². The second-order valence-corrected chi connectivity index (χ2v) is 1.86. The van der Waals surface area contributed by atoms with Gasteiger partial charge in [0, 0.05) is 0 Å². The van der Waals surface area contributed by atoms with E-state index in [0.717, 1.165) is 26.3 Å². The van der Waals surface area contributed by atoms with Crippen molar-refractivity contribution in [2.45, 2.75) is 13.8 Å². The third-order valence-corrected chi connectivity index (χ3v) is 1.20. The Morgan fingerprint density at radius 1 is 1.22 bits per heavy atom. The predicted molar refractivity (Wildman–Crippen MR) is 38.2 cm³/mol. The Balaban J connectivity index is 0.000000291. The van der Waals surface area contributed by atoms with Crippen molar-refractivity contribution in [1.82, 2.24) is 0 Å². The lowest BCUT2D eigenvalue weighted by atomic mass is 10.5. The predicted octanol–water partition coefficient (Wildman–Crippen LogP) is -0.281. The zero-order valence-electron chi connectivity index (χ0n) is 6.44. The fraction of sp³-hybridized carbons (Fsp3) is 0.857. The van der Waals surface area contributed by atoms with Crippen LogP contribution >= 0.6 is 0 Å². The molecule has 0 bridgehead atoms. The van der Waals surface area contributed by atoms with Crippen LogP contribution in [-0.4, -0.2) is 26.3 Å². The van der Waals surface area contributed by atoms with Crippen molar-refractivity contribution in [3.05, 3.63) is 7.05 Å². The Labute approximate surface area is 57.8 Å². The minimum atomic E-state index is 0.888. The van der Waals surface area contributed by atoms with E-state index in [1.807, 2.05) is 13.8 Å². The fourth-order valence-electron chi connectivity index (χ4n) is 0.660. The van der Waals surface area contributed by atoms with Crippen LogP contribution in [0.5, 0.6) is 0 Å². The zero-order chi connectivity index (χ0) is 7.11. The van der Waals surface area contributed by atoms with Crippen LogP contribution in [0.1, 0.15) is 13.8 Å². The number of quaternary nitrogens is 1. The van der Waals surface area contributed by atoms with Crippen LogP contribution in [0, 0.1) is 7.05 Å². The van der Waals surface area contributed by atoms with Crippen LogP contribution in [-0.2, 0) is 4.74 Å². The molecule has 9 heavy (non-hydrogen) atoms. The molecule has 0 unspecified atom stereocenters. The Bertz CT molecular complexity index is 50.9. The Morgan fingerprint density at radius 2 is 1.67 bits per heavy atom. The van der Waals surface area contributed by atoms with Crippen LogP contribution in [0.4, 0.5) is 0 Å². The third-order valence-electron chi connectivity index (χ3n) is 1.20. The molecule has 1 heterocycles. The molecule has 0 aromatic rings.